The molecule has 126 valence electrons. The molecule has 1 aromatic rings. The van der Waals surface area contributed by atoms with Crippen LogP contribution in [0.4, 0.5) is 0 Å². The highest BCUT2D eigenvalue weighted by atomic mass is 127. The van der Waals surface area contributed by atoms with E-state index in [0.717, 1.165) is 13.1 Å². The van der Waals surface area contributed by atoms with Crippen LogP contribution in [-0.4, -0.2) is 45.5 Å². The van der Waals surface area contributed by atoms with Crippen molar-refractivity contribution in [3.63, 3.8) is 0 Å². The summed E-state index contributed by atoms with van der Waals surface area (Å²) in [6.45, 7) is 5.95. The average molecular weight is 461 g/mol. The minimum Gasteiger partial charge on any atom is -0.370 e. The molecule has 9 heteroatoms. The van der Waals surface area contributed by atoms with Crippen molar-refractivity contribution in [1.82, 2.24) is 9.62 Å². The highest BCUT2D eigenvalue weighted by molar-refractivity contribution is 14.0. The number of halogens is 2. The van der Waals surface area contributed by atoms with Gasteiger partial charge in [-0.2, -0.15) is 0 Å². The Bertz CT molecular complexity index is 591. The number of hydrogen-bond donors (Lipinski definition) is 2. The zero-order chi connectivity index (χ0) is 15.9. The number of sulfonamides is 1. The Balaban J connectivity index is 0.00000441. The first kappa shape index (κ1) is 21.4. The second-order valence-electron chi connectivity index (χ2n) is 4.27. The van der Waals surface area contributed by atoms with Crippen molar-refractivity contribution in [1.29, 1.82) is 0 Å². The number of nitrogens with zero attached hydrogens (tertiary/aromatic N) is 2. The number of rotatable bonds is 7. The fourth-order valence-electron chi connectivity index (χ4n) is 1.72. The SMILES string of the molecule is CCN(CC)C(N)=NCCNS(=O)(=O)c1cccc(Cl)c1.I. The Morgan fingerprint density at radius 3 is 2.55 bits per heavy atom. The van der Waals surface area contributed by atoms with Crippen molar-refractivity contribution < 1.29 is 8.42 Å². The van der Waals surface area contributed by atoms with E-state index in [0.29, 0.717) is 11.0 Å². The number of nitrogens with two attached hydrogens (primary N) is 1. The molecule has 3 N–H and O–H groups in total. The fourth-order valence-corrected chi connectivity index (χ4v) is 3.04. The first-order chi connectivity index (χ1) is 9.90. The zero-order valence-corrected chi connectivity index (χ0v) is 16.5. The van der Waals surface area contributed by atoms with E-state index in [2.05, 4.69) is 9.71 Å². The standard InChI is InChI=1S/C13H21ClN4O2S.HI/c1-3-18(4-2)13(15)16-8-9-17-21(19,20)12-7-5-6-11(14)10-12;/h5-7,10,17H,3-4,8-9H2,1-2H3,(H2,15,16);1H. The summed E-state index contributed by atoms with van der Waals surface area (Å²) in [5.41, 5.74) is 5.80. The summed E-state index contributed by atoms with van der Waals surface area (Å²) < 4.78 is 26.5. The van der Waals surface area contributed by atoms with Crippen molar-refractivity contribution in [2.45, 2.75) is 18.7 Å². The molecular weight excluding hydrogens is 439 g/mol. The van der Waals surface area contributed by atoms with E-state index in [9.17, 15) is 8.42 Å². The smallest absolute Gasteiger partial charge is 0.240 e. The van der Waals surface area contributed by atoms with Gasteiger partial charge in [0, 0.05) is 24.7 Å². The summed E-state index contributed by atoms with van der Waals surface area (Å²) in [4.78, 5) is 6.18. The highest BCUT2D eigenvalue weighted by Crippen LogP contribution is 2.14. The summed E-state index contributed by atoms with van der Waals surface area (Å²) in [7, 11) is -3.57. The van der Waals surface area contributed by atoms with Crippen molar-refractivity contribution >= 4 is 51.6 Å². The normalized spacial score (nSPS) is 11.9. The van der Waals surface area contributed by atoms with Crippen LogP contribution in [0.15, 0.2) is 34.2 Å². The van der Waals surface area contributed by atoms with Crippen LogP contribution in [0.3, 0.4) is 0 Å². The van der Waals surface area contributed by atoms with Crippen LogP contribution in [0, 0.1) is 0 Å². The number of aliphatic imine (C=N–C) groups is 1. The molecule has 0 radical (unpaired) electrons. The van der Waals surface area contributed by atoms with Crippen LogP contribution in [0.1, 0.15) is 13.8 Å². The molecule has 22 heavy (non-hydrogen) atoms. The van der Waals surface area contributed by atoms with Crippen molar-refractivity contribution in [2.24, 2.45) is 10.7 Å². The lowest BCUT2D eigenvalue weighted by Gasteiger charge is -2.19. The Labute approximate surface area is 154 Å². The van der Waals surface area contributed by atoms with Gasteiger partial charge >= 0.3 is 0 Å². The summed E-state index contributed by atoms with van der Waals surface area (Å²) in [6, 6.07) is 6.10. The van der Waals surface area contributed by atoms with E-state index in [1.807, 2.05) is 18.7 Å². The largest absolute Gasteiger partial charge is 0.370 e. The Hall–Kier alpha value is -0.580. The summed E-state index contributed by atoms with van der Waals surface area (Å²) in [6.07, 6.45) is 0. The van der Waals surface area contributed by atoms with Gasteiger partial charge in [-0.1, -0.05) is 17.7 Å². The summed E-state index contributed by atoms with van der Waals surface area (Å²) >= 11 is 5.78. The molecule has 0 heterocycles. The molecule has 6 nitrogen and oxygen atoms in total. The van der Waals surface area contributed by atoms with Gasteiger partial charge in [-0.05, 0) is 32.0 Å². The lowest BCUT2D eigenvalue weighted by atomic mass is 10.4. The maximum absolute atomic E-state index is 12.0. The van der Waals surface area contributed by atoms with Gasteiger partial charge in [-0.25, -0.2) is 13.1 Å². The molecule has 0 spiro atoms. The van der Waals surface area contributed by atoms with Gasteiger partial charge in [0.15, 0.2) is 5.96 Å². The molecule has 0 unspecified atom stereocenters. The van der Waals surface area contributed by atoms with Crippen LogP contribution in [-0.2, 0) is 10.0 Å². The van der Waals surface area contributed by atoms with Gasteiger partial charge in [-0.15, -0.1) is 24.0 Å². The molecule has 0 bridgehead atoms. The first-order valence-electron chi connectivity index (χ1n) is 6.70. The molecular formula is C13H22ClIN4O2S. The second kappa shape index (κ2) is 10.2. The summed E-state index contributed by atoms with van der Waals surface area (Å²) in [5.74, 6) is 0.418. The van der Waals surface area contributed by atoms with Gasteiger partial charge in [-0.3, -0.25) is 4.99 Å². The molecule has 1 aromatic carbocycles. The van der Waals surface area contributed by atoms with Crippen LogP contribution in [0.5, 0.6) is 0 Å². The first-order valence-corrected chi connectivity index (χ1v) is 8.57. The minimum atomic E-state index is -3.57. The third kappa shape index (κ3) is 6.67. The lowest BCUT2D eigenvalue weighted by Crippen LogP contribution is -2.37. The van der Waals surface area contributed by atoms with Gasteiger partial charge in [0.05, 0.1) is 11.4 Å². The lowest BCUT2D eigenvalue weighted by molar-refractivity contribution is 0.458. The van der Waals surface area contributed by atoms with Crippen molar-refractivity contribution in [2.75, 3.05) is 26.2 Å². The van der Waals surface area contributed by atoms with E-state index in [1.165, 1.54) is 12.1 Å². The molecule has 0 amide bonds. The molecule has 0 aliphatic heterocycles. The van der Waals surface area contributed by atoms with E-state index in [4.69, 9.17) is 17.3 Å². The van der Waals surface area contributed by atoms with E-state index in [1.54, 1.807) is 12.1 Å². The third-order valence-corrected chi connectivity index (χ3v) is 4.57. The molecule has 0 atom stereocenters. The van der Waals surface area contributed by atoms with Gasteiger partial charge in [0.1, 0.15) is 0 Å². The van der Waals surface area contributed by atoms with Crippen LogP contribution in [0.2, 0.25) is 5.02 Å². The van der Waals surface area contributed by atoms with E-state index in [-0.39, 0.29) is 42.0 Å². The quantitative estimate of drug-likeness (QED) is 0.281. The second-order valence-corrected chi connectivity index (χ2v) is 6.47. The number of benzene rings is 1. The topological polar surface area (TPSA) is 87.8 Å². The maximum Gasteiger partial charge on any atom is 0.240 e. The Kier molecular flexibility index (Phi) is 9.97. The predicted molar refractivity (Wildman–Crippen MR) is 101 cm³/mol. The molecule has 0 aliphatic rings. The summed E-state index contributed by atoms with van der Waals surface area (Å²) in [5, 5.41) is 0.377. The monoisotopic (exact) mass is 460 g/mol. The fraction of sp³-hybridized carbons (Fsp3) is 0.462. The number of guanidine groups is 1. The number of nitrogens with one attached hydrogen (secondary N) is 1. The molecule has 1 rings (SSSR count). The predicted octanol–water partition coefficient (Wildman–Crippen LogP) is 1.89. The van der Waals surface area contributed by atoms with Crippen LogP contribution < -0.4 is 10.5 Å². The highest BCUT2D eigenvalue weighted by Gasteiger charge is 2.13. The maximum atomic E-state index is 12.0. The third-order valence-electron chi connectivity index (χ3n) is 2.87. The Morgan fingerprint density at radius 1 is 1.36 bits per heavy atom. The van der Waals surface area contributed by atoms with E-state index < -0.39 is 10.0 Å². The van der Waals surface area contributed by atoms with E-state index >= 15 is 0 Å². The molecule has 0 fully saturated rings. The van der Waals surface area contributed by atoms with Crippen molar-refractivity contribution in [3.8, 4) is 0 Å². The average Bonchev–Trinajstić information content (AvgIpc) is 2.45. The zero-order valence-electron chi connectivity index (χ0n) is 12.6. The Morgan fingerprint density at radius 2 is 2.00 bits per heavy atom. The van der Waals surface area contributed by atoms with Crippen molar-refractivity contribution in [3.05, 3.63) is 29.3 Å². The molecule has 0 saturated carbocycles. The minimum absolute atomic E-state index is 0. The van der Waals surface area contributed by atoms with Gasteiger partial charge in [0.2, 0.25) is 10.0 Å². The van der Waals surface area contributed by atoms with Crippen LogP contribution in [0.25, 0.3) is 0 Å². The van der Waals surface area contributed by atoms with Crippen LogP contribution >= 0.6 is 35.6 Å². The molecule has 0 aromatic heterocycles. The number of hydrogen-bond acceptors (Lipinski definition) is 3. The molecule has 0 saturated heterocycles. The molecule has 0 aliphatic carbocycles. The van der Waals surface area contributed by atoms with Gasteiger partial charge < -0.3 is 10.6 Å². The van der Waals surface area contributed by atoms with Gasteiger partial charge in [0.25, 0.3) is 0 Å².